The number of hydrogen-bond donors (Lipinski definition) is 1. The number of piperazine rings is 1. The summed E-state index contributed by atoms with van der Waals surface area (Å²) < 4.78 is 13.0. The van der Waals surface area contributed by atoms with Crippen molar-refractivity contribution in [2.24, 2.45) is 0 Å². The molecule has 20 heavy (non-hydrogen) atoms. The average molecular weight is 323 g/mol. The predicted octanol–water partition coefficient (Wildman–Crippen LogP) is 2.54. The third-order valence-electron chi connectivity index (χ3n) is 3.41. The van der Waals surface area contributed by atoms with Gasteiger partial charge < -0.3 is 5.32 Å². The van der Waals surface area contributed by atoms with Gasteiger partial charge in [0.25, 0.3) is 0 Å². The molecule has 0 spiro atoms. The van der Waals surface area contributed by atoms with E-state index < -0.39 is 0 Å². The summed E-state index contributed by atoms with van der Waals surface area (Å²) in [5.41, 5.74) is 0.470. The van der Waals surface area contributed by atoms with Gasteiger partial charge in [-0.25, -0.2) is 4.39 Å². The molecule has 1 aliphatic heterocycles. The van der Waals surface area contributed by atoms with Gasteiger partial charge in [0.05, 0.1) is 0 Å². The fourth-order valence-electron chi connectivity index (χ4n) is 2.27. The molecule has 3 nitrogen and oxygen atoms in total. The second-order valence-electron chi connectivity index (χ2n) is 4.77. The van der Waals surface area contributed by atoms with E-state index in [1.807, 2.05) is 0 Å². The predicted molar refractivity (Wildman–Crippen MR) is 83.7 cm³/mol. The van der Waals surface area contributed by atoms with Crippen molar-refractivity contribution in [3.63, 3.8) is 0 Å². The minimum Gasteiger partial charge on any atom is -0.314 e. The number of halogens is 3. The van der Waals surface area contributed by atoms with Gasteiger partial charge in [0.2, 0.25) is 0 Å². The van der Waals surface area contributed by atoms with Crippen LogP contribution in [0.15, 0.2) is 24.3 Å². The Bertz CT molecular complexity index is 431. The van der Waals surface area contributed by atoms with Crippen LogP contribution in [0.2, 0.25) is 0 Å². The molecule has 1 atom stereocenters. The van der Waals surface area contributed by atoms with Gasteiger partial charge in [-0.1, -0.05) is 12.1 Å². The van der Waals surface area contributed by atoms with Crippen LogP contribution in [0.3, 0.4) is 0 Å². The summed E-state index contributed by atoms with van der Waals surface area (Å²) in [4.78, 5) is 14.2. The van der Waals surface area contributed by atoms with E-state index in [4.69, 9.17) is 0 Å². The zero-order valence-electron chi connectivity index (χ0n) is 11.5. The van der Waals surface area contributed by atoms with Gasteiger partial charge in [0.15, 0.2) is 5.78 Å². The molecule has 2 rings (SSSR count). The maximum atomic E-state index is 13.0. The maximum Gasteiger partial charge on any atom is 0.164 e. The van der Waals surface area contributed by atoms with Crippen molar-refractivity contribution in [2.45, 2.75) is 19.4 Å². The number of nitrogens with zero attached hydrogens (tertiary/aromatic N) is 1. The van der Waals surface area contributed by atoms with Gasteiger partial charge in [-0.3, -0.25) is 9.69 Å². The Hall–Kier alpha value is -0.680. The fraction of sp³-hybridized carbons (Fsp3) is 0.500. The van der Waals surface area contributed by atoms with Crippen molar-refractivity contribution in [2.75, 3.05) is 26.2 Å². The smallest absolute Gasteiger partial charge is 0.164 e. The molecule has 1 N–H and O–H groups in total. The Morgan fingerprint density at radius 3 is 2.85 bits per heavy atom. The van der Waals surface area contributed by atoms with E-state index in [0.29, 0.717) is 18.0 Å². The largest absolute Gasteiger partial charge is 0.314 e. The molecule has 1 fully saturated rings. The Balaban J connectivity index is 0.00000180. The number of Topliss-reactive ketones (excluding diaryl/α,β-unsaturated/α-hetero) is 1. The van der Waals surface area contributed by atoms with Crippen LogP contribution in [-0.4, -0.2) is 42.9 Å². The summed E-state index contributed by atoms with van der Waals surface area (Å²) in [6.45, 7) is 5.81. The number of carbonyl (C=O) groups is 1. The number of carbonyl (C=O) groups excluding carboxylic acids is 1. The minimum absolute atomic E-state index is 0. The van der Waals surface area contributed by atoms with Crippen LogP contribution < -0.4 is 5.32 Å². The van der Waals surface area contributed by atoms with Gasteiger partial charge in [-0.05, 0) is 19.1 Å². The van der Waals surface area contributed by atoms with E-state index in [9.17, 15) is 9.18 Å². The second-order valence-corrected chi connectivity index (χ2v) is 4.77. The molecule has 1 saturated heterocycles. The molecule has 1 unspecified atom stereocenters. The molecule has 0 aromatic heterocycles. The number of hydrogen-bond acceptors (Lipinski definition) is 3. The zero-order valence-corrected chi connectivity index (χ0v) is 13.1. The molecule has 0 aliphatic carbocycles. The first-order valence-corrected chi connectivity index (χ1v) is 6.40. The normalized spacial score (nSPS) is 18.8. The summed E-state index contributed by atoms with van der Waals surface area (Å²) in [5, 5.41) is 3.32. The zero-order chi connectivity index (χ0) is 13.0. The summed E-state index contributed by atoms with van der Waals surface area (Å²) in [7, 11) is 0. The highest BCUT2D eigenvalue weighted by molar-refractivity contribution is 5.96. The molecular formula is C14H21Cl2FN2O. The molecule has 0 radical (unpaired) electrons. The summed E-state index contributed by atoms with van der Waals surface area (Å²) in [5.74, 6) is -0.336. The fourth-order valence-corrected chi connectivity index (χ4v) is 2.27. The first-order chi connectivity index (χ1) is 8.66. The van der Waals surface area contributed by atoms with E-state index in [2.05, 4.69) is 17.1 Å². The van der Waals surface area contributed by atoms with Gasteiger partial charge in [-0.15, -0.1) is 24.8 Å². The second kappa shape index (κ2) is 9.29. The van der Waals surface area contributed by atoms with Crippen molar-refractivity contribution in [1.29, 1.82) is 0 Å². The van der Waals surface area contributed by atoms with E-state index in [1.54, 1.807) is 12.1 Å². The maximum absolute atomic E-state index is 13.0. The molecule has 1 heterocycles. The molecule has 0 bridgehead atoms. The average Bonchev–Trinajstić information content (AvgIpc) is 2.37. The lowest BCUT2D eigenvalue weighted by molar-refractivity contribution is 0.0942. The summed E-state index contributed by atoms with van der Waals surface area (Å²) in [6, 6.07) is 6.38. The van der Waals surface area contributed by atoms with Crippen LogP contribution in [0.25, 0.3) is 0 Å². The highest BCUT2D eigenvalue weighted by Crippen LogP contribution is 2.09. The van der Waals surface area contributed by atoms with Crippen LogP contribution in [0.1, 0.15) is 23.7 Å². The van der Waals surface area contributed by atoms with E-state index in [1.165, 1.54) is 12.1 Å². The van der Waals surface area contributed by atoms with Crippen LogP contribution in [0.4, 0.5) is 4.39 Å². The lowest BCUT2D eigenvalue weighted by Crippen LogP contribution is -2.50. The molecule has 1 aliphatic rings. The van der Waals surface area contributed by atoms with Crippen molar-refractivity contribution in [3.05, 3.63) is 35.6 Å². The Kier molecular flexibility index (Phi) is 8.98. The number of nitrogens with one attached hydrogen (secondary N) is 1. The number of rotatable bonds is 4. The lowest BCUT2D eigenvalue weighted by Gasteiger charge is -2.33. The molecule has 114 valence electrons. The standard InChI is InChI=1S/C14H19FN2O.2ClH/c1-11-10-16-6-8-17(11)7-5-14(18)12-3-2-4-13(15)9-12;;/h2-4,9,11,16H,5-8,10H2,1H3;2*1H. The van der Waals surface area contributed by atoms with Crippen molar-refractivity contribution < 1.29 is 9.18 Å². The van der Waals surface area contributed by atoms with Crippen LogP contribution in [0.5, 0.6) is 0 Å². The van der Waals surface area contributed by atoms with Crippen LogP contribution in [-0.2, 0) is 0 Å². The van der Waals surface area contributed by atoms with Gasteiger partial charge in [0.1, 0.15) is 5.82 Å². The number of ketones is 1. The summed E-state index contributed by atoms with van der Waals surface area (Å²) >= 11 is 0. The monoisotopic (exact) mass is 322 g/mol. The molecule has 6 heteroatoms. The van der Waals surface area contributed by atoms with Crippen LogP contribution in [0, 0.1) is 5.82 Å². The van der Waals surface area contributed by atoms with Gasteiger partial charge in [0, 0.05) is 44.2 Å². The first kappa shape index (κ1) is 19.3. The highest BCUT2D eigenvalue weighted by Gasteiger charge is 2.18. The Labute approximate surface area is 131 Å². The lowest BCUT2D eigenvalue weighted by atomic mass is 10.1. The van der Waals surface area contributed by atoms with E-state index >= 15 is 0 Å². The van der Waals surface area contributed by atoms with Crippen molar-refractivity contribution in [3.8, 4) is 0 Å². The minimum atomic E-state index is -0.351. The van der Waals surface area contributed by atoms with Crippen LogP contribution >= 0.6 is 24.8 Å². The SMILES string of the molecule is CC1CNCCN1CCC(=O)c1cccc(F)c1.Cl.Cl. The van der Waals surface area contributed by atoms with E-state index in [0.717, 1.165) is 26.2 Å². The quantitative estimate of drug-likeness (QED) is 0.865. The third-order valence-corrected chi connectivity index (χ3v) is 3.41. The summed E-state index contributed by atoms with van der Waals surface area (Å²) in [6.07, 6.45) is 0.452. The van der Waals surface area contributed by atoms with Crippen molar-refractivity contribution in [1.82, 2.24) is 10.2 Å². The van der Waals surface area contributed by atoms with Gasteiger partial charge >= 0.3 is 0 Å². The Morgan fingerprint density at radius 1 is 1.45 bits per heavy atom. The molecule has 1 aromatic rings. The molecule has 1 aromatic carbocycles. The Morgan fingerprint density at radius 2 is 2.20 bits per heavy atom. The number of benzene rings is 1. The van der Waals surface area contributed by atoms with E-state index in [-0.39, 0.29) is 36.4 Å². The topological polar surface area (TPSA) is 32.3 Å². The molecule has 0 saturated carbocycles. The highest BCUT2D eigenvalue weighted by atomic mass is 35.5. The first-order valence-electron chi connectivity index (χ1n) is 6.40. The molecular weight excluding hydrogens is 302 g/mol. The van der Waals surface area contributed by atoms with Crippen molar-refractivity contribution >= 4 is 30.6 Å². The third kappa shape index (κ3) is 5.37. The molecule has 0 amide bonds. The van der Waals surface area contributed by atoms with Gasteiger partial charge in [-0.2, -0.15) is 0 Å².